The number of aliphatic hydroxyl groups excluding tert-OH is 1. The van der Waals surface area contributed by atoms with Crippen LogP contribution in [-0.4, -0.2) is 11.7 Å². The summed E-state index contributed by atoms with van der Waals surface area (Å²) in [7, 11) is 0. The Labute approximate surface area is 57.1 Å². The smallest absolute Gasteiger partial charge is 0.0433 e. The van der Waals surface area contributed by atoms with Crippen molar-refractivity contribution in [2.75, 3.05) is 6.61 Å². The first kappa shape index (κ1) is 7.07. The molecule has 0 heterocycles. The quantitative estimate of drug-likeness (QED) is 0.601. The Morgan fingerprint density at radius 1 is 1.56 bits per heavy atom. The molecule has 1 nitrogen and oxygen atoms in total. The van der Waals surface area contributed by atoms with Crippen LogP contribution in [0.15, 0.2) is 0 Å². The van der Waals surface area contributed by atoms with Crippen LogP contribution < -0.4 is 0 Å². The standard InChI is InChI=1S/C8H16O/c1-8(2)5-3-7(8)4-6-9/h7,9H,3-6H2,1-2H3/t7-/m1/s1. The predicted molar refractivity (Wildman–Crippen MR) is 38.2 cm³/mol. The van der Waals surface area contributed by atoms with E-state index in [4.69, 9.17) is 5.11 Å². The number of aliphatic hydroxyl groups is 1. The summed E-state index contributed by atoms with van der Waals surface area (Å²) in [6, 6.07) is 0. The molecule has 1 heteroatoms. The fourth-order valence-corrected chi connectivity index (χ4v) is 1.62. The Bertz CT molecular complexity index is 96.7. The van der Waals surface area contributed by atoms with E-state index in [0.717, 1.165) is 12.3 Å². The lowest BCUT2D eigenvalue weighted by atomic mass is 9.61. The zero-order valence-corrected chi connectivity index (χ0v) is 6.35. The van der Waals surface area contributed by atoms with Crippen molar-refractivity contribution in [2.24, 2.45) is 11.3 Å². The molecule has 0 aromatic heterocycles. The predicted octanol–water partition coefficient (Wildman–Crippen LogP) is 1.81. The van der Waals surface area contributed by atoms with Crippen LogP contribution >= 0.6 is 0 Å². The molecule has 0 spiro atoms. The van der Waals surface area contributed by atoms with Gasteiger partial charge in [-0.2, -0.15) is 0 Å². The van der Waals surface area contributed by atoms with Gasteiger partial charge in [0.1, 0.15) is 0 Å². The highest BCUT2D eigenvalue weighted by molar-refractivity contribution is 4.87. The molecule has 1 aliphatic rings. The third-order valence-corrected chi connectivity index (χ3v) is 2.72. The molecule has 0 aliphatic heterocycles. The molecule has 1 aliphatic carbocycles. The van der Waals surface area contributed by atoms with E-state index in [-0.39, 0.29) is 0 Å². The summed E-state index contributed by atoms with van der Waals surface area (Å²) < 4.78 is 0. The van der Waals surface area contributed by atoms with Crippen LogP contribution in [-0.2, 0) is 0 Å². The highest BCUT2D eigenvalue weighted by atomic mass is 16.3. The van der Waals surface area contributed by atoms with Crippen molar-refractivity contribution >= 4 is 0 Å². The molecule has 0 aromatic carbocycles. The lowest BCUT2D eigenvalue weighted by Crippen LogP contribution is -2.34. The second kappa shape index (κ2) is 2.30. The van der Waals surface area contributed by atoms with Gasteiger partial charge in [0.15, 0.2) is 0 Å². The van der Waals surface area contributed by atoms with E-state index in [1.54, 1.807) is 0 Å². The van der Waals surface area contributed by atoms with E-state index in [0.29, 0.717) is 12.0 Å². The molecule has 0 saturated heterocycles. The zero-order chi connectivity index (χ0) is 6.91. The molecule has 0 amide bonds. The summed E-state index contributed by atoms with van der Waals surface area (Å²) in [6.45, 7) is 4.95. The SMILES string of the molecule is CC1(C)CC[C@@H]1CCO. The van der Waals surface area contributed by atoms with E-state index < -0.39 is 0 Å². The number of hydrogen-bond donors (Lipinski definition) is 1. The first-order valence-corrected chi connectivity index (χ1v) is 3.77. The molecule has 1 N–H and O–H groups in total. The Morgan fingerprint density at radius 3 is 2.33 bits per heavy atom. The summed E-state index contributed by atoms with van der Waals surface area (Å²) in [5, 5.41) is 8.63. The van der Waals surface area contributed by atoms with Gasteiger partial charge in [0.2, 0.25) is 0 Å². The maximum atomic E-state index is 8.63. The van der Waals surface area contributed by atoms with Gasteiger partial charge in [-0.1, -0.05) is 13.8 Å². The van der Waals surface area contributed by atoms with Crippen molar-refractivity contribution in [3.8, 4) is 0 Å². The van der Waals surface area contributed by atoms with Crippen LogP contribution in [0.2, 0.25) is 0 Å². The molecule has 0 aromatic rings. The molecule has 54 valence electrons. The van der Waals surface area contributed by atoms with Gasteiger partial charge in [0.05, 0.1) is 0 Å². The summed E-state index contributed by atoms with van der Waals surface area (Å²) in [4.78, 5) is 0. The van der Waals surface area contributed by atoms with Crippen molar-refractivity contribution < 1.29 is 5.11 Å². The number of rotatable bonds is 2. The Balaban J connectivity index is 2.28. The van der Waals surface area contributed by atoms with Gasteiger partial charge >= 0.3 is 0 Å². The second-order valence-electron chi connectivity index (χ2n) is 3.74. The van der Waals surface area contributed by atoms with Crippen LogP contribution in [0.5, 0.6) is 0 Å². The van der Waals surface area contributed by atoms with E-state index in [1.165, 1.54) is 12.8 Å². The van der Waals surface area contributed by atoms with Crippen molar-refractivity contribution in [3.05, 3.63) is 0 Å². The second-order valence-corrected chi connectivity index (χ2v) is 3.74. The van der Waals surface area contributed by atoms with Gasteiger partial charge in [0.25, 0.3) is 0 Å². The fourth-order valence-electron chi connectivity index (χ4n) is 1.62. The highest BCUT2D eigenvalue weighted by Gasteiger charge is 2.37. The van der Waals surface area contributed by atoms with Crippen molar-refractivity contribution in [1.29, 1.82) is 0 Å². The topological polar surface area (TPSA) is 20.2 Å². The largest absolute Gasteiger partial charge is 0.396 e. The van der Waals surface area contributed by atoms with Crippen molar-refractivity contribution in [3.63, 3.8) is 0 Å². The molecule has 1 rings (SSSR count). The maximum absolute atomic E-state index is 8.63. The molecule has 9 heavy (non-hydrogen) atoms. The summed E-state index contributed by atoms with van der Waals surface area (Å²) in [5.74, 6) is 0.794. The molecule has 1 fully saturated rings. The van der Waals surface area contributed by atoms with Gasteiger partial charge in [-0.3, -0.25) is 0 Å². The first-order chi connectivity index (χ1) is 4.17. The normalized spacial score (nSPS) is 31.7. The molecular weight excluding hydrogens is 112 g/mol. The summed E-state index contributed by atoms with van der Waals surface area (Å²) in [5.41, 5.74) is 0.530. The van der Waals surface area contributed by atoms with Crippen LogP contribution in [0.1, 0.15) is 33.1 Å². The average Bonchev–Trinajstić information content (AvgIpc) is 1.81. The van der Waals surface area contributed by atoms with Crippen molar-refractivity contribution in [2.45, 2.75) is 33.1 Å². The lowest BCUT2D eigenvalue weighted by Gasteiger charge is -2.44. The van der Waals surface area contributed by atoms with Gasteiger partial charge in [-0.05, 0) is 30.6 Å². The molecule has 0 radical (unpaired) electrons. The lowest BCUT2D eigenvalue weighted by molar-refractivity contribution is 0.0485. The van der Waals surface area contributed by atoms with Gasteiger partial charge in [0, 0.05) is 6.61 Å². The van der Waals surface area contributed by atoms with Crippen LogP contribution in [0.4, 0.5) is 0 Å². The fraction of sp³-hybridized carbons (Fsp3) is 1.00. The Hall–Kier alpha value is -0.0400. The third kappa shape index (κ3) is 1.26. The minimum Gasteiger partial charge on any atom is -0.396 e. The zero-order valence-electron chi connectivity index (χ0n) is 6.35. The van der Waals surface area contributed by atoms with Gasteiger partial charge < -0.3 is 5.11 Å². The minimum atomic E-state index is 0.369. The van der Waals surface area contributed by atoms with Crippen molar-refractivity contribution in [1.82, 2.24) is 0 Å². The van der Waals surface area contributed by atoms with E-state index in [1.807, 2.05) is 0 Å². The highest BCUT2D eigenvalue weighted by Crippen LogP contribution is 2.47. The monoisotopic (exact) mass is 128 g/mol. The average molecular weight is 128 g/mol. The van der Waals surface area contributed by atoms with Crippen LogP contribution in [0.25, 0.3) is 0 Å². The summed E-state index contributed by atoms with van der Waals surface area (Å²) >= 11 is 0. The van der Waals surface area contributed by atoms with Crippen LogP contribution in [0.3, 0.4) is 0 Å². The first-order valence-electron chi connectivity index (χ1n) is 3.77. The van der Waals surface area contributed by atoms with E-state index in [9.17, 15) is 0 Å². The van der Waals surface area contributed by atoms with Crippen LogP contribution in [0, 0.1) is 11.3 Å². The number of hydrogen-bond acceptors (Lipinski definition) is 1. The molecule has 1 saturated carbocycles. The van der Waals surface area contributed by atoms with E-state index in [2.05, 4.69) is 13.8 Å². The Morgan fingerprint density at radius 2 is 2.22 bits per heavy atom. The molecule has 0 unspecified atom stereocenters. The van der Waals surface area contributed by atoms with Gasteiger partial charge in [-0.15, -0.1) is 0 Å². The van der Waals surface area contributed by atoms with E-state index >= 15 is 0 Å². The summed E-state index contributed by atoms with van der Waals surface area (Å²) in [6.07, 6.45) is 3.68. The molecular formula is C8H16O. The molecule has 1 atom stereocenters. The minimum absolute atomic E-state index is 0.369. The maximum Gasteiger partial charge on any atom is 0.0433 e. The Kier molecular flexibility index (Phi) is 1.80. The molecule has 0 bridgehead atoms. The van der Waals surface area contributed by atoms with Gasteiger partial charge in [-0.25, -0.2) is 0 Å². The third-order valence-electron chi connectivity index (χ3n) is 2.72.